The third-order valence-electron chi connectivity index (χ3n) is 3.87. The first-order chi connectivity index (χ1) is 11.6. The summed E-state index contributed by atoms with van der Waals surface area (Å²) in [5.74, 6) is -0.390. The van der Waals surface area contributed by atoms with Gasteiger partial charge in [0.1, 0.15) is 6.17 Å². The molecule has 24 heavy (non-hydrogen) atoms. The molecule has 0 bridgehead atoms. The van der Waals surface area contributed by atoms with Gasteiger partial charge in [0, 0.05) is 25.5 Å². The smallest absolute Gasteiger partial charge is 0.337 e. The third-order valence-corrected chi connectivity index (χ3v) is 3.87. The molecule has 1 N–H and O–H groups in total. The van der Waals surface area contributed by atoms with Crippen LogP contribution in [0.25, 0.3) is 0 Å². The molecule has 6 heteroatoms. The topological polar surface area (TPSA) is 61.9 Å². The van der Waals surface area contributed by atoms with Gasteiger partial charge in [-0.25, -0.2) is 9.59 Å². The van der Waals surface area contributed by atoms with Crippen molar-refractivity contribution in [2.24, 2.45) is 0 Å². The molecule has 2 rings (SSSR count). The molecule has 0 saturated heterocycles. The predicted octanol–water partition coefficient (Wildman–Crippen LogP) is 3.09. The van der Waals surface area contributed by atoms with Crippen LogP contribution < -0.4 is 5.32 Å². The number of carbonyl (C=O) groups is 2. The fraction of sp³-hybridized carbons (Fsp3) is 0.444. The molecule has 1 aromatic carbocycles. The molecule has 1 aromatic rings. The zero-order valence-electron chi connectivity index (χ0n) is 14.5. The van der Waals surface area contributed by atoms with Crippen molar-refractivity contribution in [2.75, 3.05) is 20.2 Å². The van der Waals surface area contributed by atoms with E-state index < -0.39 is 0 Å². The molecular weight excluding hydrogens is 306 g/mol. The van der Waals surface area contributed by atoms with Crippen molar-refractivity contribution >= 4 is 12.0 Å². The van der Waals surface area contributed by atoms with Gasteiger partial charge in [-0.05, 0) is 30.5 Å². The van der Waals surface area contributed by atoms with E-state index in [-0.39, 0.29) is 18.2 Å². The number of rotatable bonds is 6. The van der Waals surface area contributed by atoms with Gasteiger partial charge in [-0.1, -0.05) is 26.0 Å². The van der Waals surface area contributed by atoms with E-state index in [9.17, 15) is 9.59 Å². The summed E-state index contributed by atoms with van der Waals surface area (Å²) in [5.41, 5.74) is 1.30. The minimum absolute atomic E-state index is 0.0339. The summed E-state index contributed by atoms with van der Waals surface area (Å²) in [5, 5.41) is 3.17. The summed E-state index contributed by atoms with van der Waals surface area (Å²) in [4.78, 5) is 28.1. The Kier molecular flexibility index (Phi) is 6.23. The molecule has 6 nitrogen and oxygen atoms in total. The summed E-state index contributed by atoms with van der Waals surface area (Å²) in [7, 11) is 1.35. The van der Waals surface area contributed by atoms with Crippen molar-refractivity contribution in [3.05, 3.63) is 47.8 Å². The van der Waals surface area contributed by atoms with Gasteiger partial charge in [0.15, 0.2) is 0 Å². The minimum atomic E-state index is -0.390. The lowest BCUT2D eigenvalue weighted by Gasteiger charge is -2.31. The van der Waals surface area contributed by atoms with Crippen LogP contribution in [0.5, 0.6) is 0 Å². The standard InChI is InChI=1S/C18H25N3O3/c1-4-10-20(11-5-2)18(23)21-12-9-19-16(21)14-7-6-8-15(13-14)17(22)24-3/h6-9,12-13,16,19H,4-5,10-11H2,1-3H3. The molecule has 1 atom stereocenters. The molecule has 2 amide bonds. The van der Waals surface area contributed by atoms with Crippen LogP contribution in [0.2, 0.25) is 0 Å². The third kappa shape index (κ3) is 3.88. The minimum Gasteiger partial charge on any atom is -0.465 e. The predicted molar refractivity (Wildman–Crippen MR) is 92.2 cm³/mol. The summed E-state index contributed by atoms with van der Waals surface area (Å²) < 4.78 is 4.77. The van der Waals surface area contributed by atoms with Gasteiger partial charge in [-0.2, -0.15) is 0 Å². The fourth-order valence-electron chi connectivity index (χ4n) is 2.77. The van der Waals surface area contributed by atoms with Crippen molar-refractivity contribution in [3.8, 4) is 0 Å². The molecule has 130 valence electrons. The number of amides is 2. The Hall–Kier alpha value is -2.50. The van der Waals surface area contributed by atoms with Crippen molar-refractivity contribution in [1.82, 2.24) is 15.1 Å². The Balaban J connectivity index is 2.21. The van der Waals surface area contributed by atoms with Crippen LogP contribution in [-0.4, -0.2) is 42.0 Å². The first-order valence-corrected chi connectivity index (χ1v) is 8.30. The van der Waals surface area contributed by atoms with Crippen LogP contribution in [-0.2, 0) is 4.74 Å². The Morgan fingerprint density at radius 3 is 2.58 bits per heavy atom. The van der Waals surface area contributed by atoms with Crippen molar-refractivity contribution in [2.45, 2.75) is 32.9 Å². The summed E-state index contributed by atoms with van der Waals surface area (Å²) in [6.07, 6.45) is 5.01. The maximum absolute atomic E-state index is 12.9. The Bertz CT molecular complexity index is 609. The molecule has 0 spiro atoms. The maximum atomic E-state index is 12.9. The molecule has 1 heterocycles. The normalized spacial score (nSPS) is 16.0. The number of methoxy groups -OCH3 is 1. The lowest BCUT2D eigenvalue weighted by molar-refractivity contribution is 0.0600. The molecule has 1 unspecified atom stereocenters. The van der Waals surface area contributed by atoms with E-state index >= 15 is 0 Å². The second-order valence-electron chi connectivity index (χ2n) is 5.68. The van der Waals surface area contributed by atoms with E-state index in [1.165, 1.54) is 7.11 Å². The molecule has 1 aliphatic rings. The van der Waals surface area contributed by atoms with Crippen LogP contribution in [0.1, 0.15) is 48.8 Å². The number of urea groups is 1. The SMILES string of the molecule is CCCN(CCC)C(=O)N1C=CNC1c1cccc(C(=O)OC)c1. The summed E-state index contributed by atoms with van der Waals surface area (Å²) >= 11 is 0. The summed E-state index contributed by atoms with van der Waals surface area (Å²) in [6.45, 7) is 5.58. The Labute approximate surface area is 143 Å². The van der Waals surface area contributed by atoms with Gasteiger partial charge >= 0.3 is 12.0 Å². The fourth-order valence-corrected chi connectivity index (χ4v) is 2.77. The lowest BCUT2D eigenvalue weighted by atomic mass is 10.1. The van der Waals surface area contributed by atoms with Crippen LogP contribution in [0.4, 0.5) is 4.79 Å². The number of benzene rings is 1. The zero-order valence-corrected chi connectivity index (χ0v) is 14.5. The maximum Gasteiger partial charge on any atom is 0.337 e. The highest BCUT2D eigenvalue weighted by atomic mass is 16.5. The van der Waals surface area contributed by atoms with Crippen LogP contribution in [0.15, 0.2) is 36.7 Å². The number of hydrogen-bond acceptors (Lipinski definition) is 4. The van der Waals surface area contributed by atoms with Crippen LogP contribution in [0.3, 0.4) is 0 Å². The highest BCUT2D eigenvalue weighted by Gasteiger charge is 2.29. The molecular formula is C18H25N3O3. The number of hydrogen-bond donors (Lipinski definition) is 1. The monoisotopic (exact) mass is 331 g/mol. The van der Waals surface area contributed by atoms with Gasteiger partial charge in [-0.3, -0.25) is 4.90 Å². The van der Waals surface area contributed by atoms with Crippen molar-refractivity contribution in [1.29, 1.82) is 0 Å². The van der Waals surface area contributed by atoms with E-state index in [1.807, 2.05) is 11.0 Å². The van der Waals surface area contributed by atoms with Gasteiger partial charge in [0.25, 0.3) is 0 Å². The zero-order chi connectivity index (χ0) is 17.5. The van der Waals surface area contributed by atoms with Gasteiger partial charge in [0.05, 0.1) is 12.7 Å². The van der Waals surface area contributed by atoms with Crippen LogP contribution in [0, 0.1) is 0 Å². The van der Waals surface area contributed by atoms with Gasteiger partial charge in [-0.15, -0.1) is 0 Å². The highest BCUT2D eigenvalue weighted by Crippen LogP contribution is 2.25. The van der Waals surface area contributed by atoms with Gasteiger partial charge in [0.2, 0.25) is 0 Å². The van der Waals surface area contributed by atoms with Crippen molar-refractivity contribution in [3.63, 3.8) is 0 Å². The molecule has 0 aromatic heterocycles. The second-order valence-corrected chi connectivity index (χ2v) is 5.68. The number of esters is 1. The van der Waals surface area contributed by atoms with E-state index in [1.54, 1.807) is 35.5 Å². The van der Waals surface area contributed by atoms with E-state index in [0.717, 1.165) is 31.5 Å². The first kappa shape index (κ1) is 17.8. The molecule has 0 aliphatic carbocycles. The van der Waals surface area contributed by atoms with Crippen molar-refractivity contribution < 1.29 is 14.3 Å². The lowest BCUT2D eigenvalue weighted by Crippen LogP contribution is -2.43. The van der Waals surface area contributed by atoms with E-state index in [2.05, 4.69) is 19.2 Å². The molecule has 0 saturated carbocycles. The van der Waals surface area contributed by atoms with E-state index in [4.69, 9.17) is 4.74 Å². The molecule has 1 aliphatic heterocycles. The number of nitrogens with one attached hydrogen (secondary N) is 1. The van der Waals surface area contributed by atoms with Gasteiger partial charge < -0.3 is 15.0 Å². The van der Waals surface area contributed by atoms with E-state index in [0.29, 0.717) is 5.56 Å². The number of carbonyl (C=O) groups excluding carboxylic acids is 2. The second kappa shape index (κ2) is 8.38. The Morgan fingerprint density at radius 1 is 1.25 bits per heavy atom. The average Bonchev–Trinajstić information content (AvgIpc) is 3.10. The quantitative estimate of drug-likeness (QED) is 0.814. The average molecular weight is 331 g/mol. The molecule has 0 radical (unpaired) electrons. The number of nitrogens with zero attached hydrogens (tertiary/aromatic N) is 2. The Morgan fingerprint density at radius 2 is 1.96 bits per heavy atom. The first-order valence-electron chi connectivity index (χ1n) is 8.30. The highest BCUT2D eigenvalue weighted by molar-refractivity contribution is 5.89. The molecule has 0 fully saturated rings. The van der Waals surface area contributed by atoms with Crippen LogP contribution >= 0.6 is 0 Å². The number of ether oxygens (including phenoxy) is 1. The summed E-state index contributed by atoms with van der Waals surface area (Å²) in [6, 6.07) is 7.10. The largest absolute Gasteiger partial charge is 0.465 e.